The summed E-state index contributed by atoms with van der Waals surface area (Å²) in [6, 6.07) is 7.94. The number of anilines is 1. The lowest BCUT2D eigenvalue weighted by Crippen LogP contribution is -2.12. The van der Waals surface area contributed by atoms with Crippen molar-refractivity contribution in [2.45, 2.75) is 20.8 Å². The number of aryl methyl sites for hydroxylation is 2. The number of nitrogens with one attached hydrogen (secondary N) is 1. The van der Waals surface area contributed by atoms with E-state index in [9.17, 15) is 4.79 Å². The van der Waals surface area contributed by atoms with Gasteiger partial charge >= 0.3 is 0 Å². The van der Waals surface area contributed by atoms with Gasteiger partial charge in [-0.15, -0.1) is 11.3 Å². The smallest absolute Gasteiger partial charge is 0.267 e. The highest BCUT2D eigenvalue weighted by Crippen LogP contribution is 2.30. The first-order chi connectivity index (χ1) is 10.6. The molecule has 0 unspecified atom stereocenters. The molecule has 0 aliphatic carbocycles. The Bertz CT molecular complexity index is 819. The number of rotatable bonds is 3. The molecule has 5 heteroatoms. The monoisotopic (exact) mass is 328 g/mol. The molecule has 0 saturated heterocycles. The van der Waals surface area contributed by atoms with Gasteiger partial charge in [-0.25, -0.2) is 4.98 Å². The predicted molar refractivity (Wildman–Crippen MR) is 94.0 cm³/mol. The fraction of sp³-hybridized carbons (Fsp3) is 0.176. The maximum atomic E-state index is 12.5. The Morgan fingerprint density at radius 3 is 2.73 bits per heavy atom. The molecule has 1 aromatic carbocycles. The van der Waals surface area contributed by atoms with Crippen molar-refractivity contribution in [3.05, 3.63) is 56.7 Å². The quantitative estimate of drug-likeness (QED) is 0.731. The van der Waals surface area contributed by atoms with Gasteiger partial charge in [-0.1, -0.05) is 12.1 Å². The van der Waals surface area contributed by atoms with Crippen LogP contribution in [0.5, 0.6) is 0 Å². The molecule has 3 nitrogen and oxygen atoms in total. The summed E-state index contributed by atoms with van der Waals surface area (Å²) in [5, 5.41) is 7.96. The lowest BCUT2D eigenvalue weighted by atomic mass is 10.1. The van der Waals surface area contributed by atoms with Crippen LogP contribution in [0.15, 0.2) is 35.0 Å². The topological polar surface area (TPSA) is 42.0 Å². The summed E-state index contributed by atoms with van der Waals surface area (Å²) in [5.41, 5.74) is 4.96. The second-order valence-electron chi connectivity index (χ2n) is 5.15. The van der Waals surface area contributed by atoms with Crippen molar-refractivity contribution in [3.8, 4) is 10.6 Å². The molecular formula is C17H16N2OS2. The van der Waals surface area contributed by atoms with E-state index in [1.165, 1.54) is 11.3 Å². The molecule has 0 atom stereocenters. The normalized spacial score (nSPS) is 10.7. The summed E-state index contributed by atoms with van der Waals surface area (Å²) in [7, 11) is 0. The highest BCUT2D eigenvalue weighted by atomic mass is 32.1. The van der Waals surface area contributed by atoms with Crippen molar-refractivity contribution in [2.75, 3.05) is 5.32 Å². The largest absolute Gasteiger partial charge is 0.321 e. The number of aromatic nitrogens is 1. The molecule has 3 rings (SSSR count). The first-order valence-electron chi connectivity index (χ1n) is 6.94. The van der Waals surface area contributed by atoms with Crippen molar-refractivity contribution < 1.29 is 4.79 Å². The highest BCUT2D eigenvalue weighted by Gasteiger charge is 2.17. The van der Waals surface area contributed by atoms with Crippen LogP contribution in [0.2, 0.25) is 0 Å². The number of benzene rings is 1. The van der Waals surface area contributed by atoms with Crippen molar-refractivity contribution in [3.63, 3.8) is 0 Å². The Hall–Kier alpha value is -1.98. The number of amides is 1. The minimum Gasteiger partial charge on any atom is -0.321 e. The van der Waals surface area contributed by atoms with Gasteiger partial charge in [0.25, 0.3) is 5.91 Å². The van der Waals surface area contributed by atoms with E-state index in [1.807, 2.05) is 55.8 Å². The Kier molecular flexibility index (Phi) is 4.09. The van der Waals surface area contributed by atoms with Crippen molar-refractivity contribution in [1.29, 1.82) is 0 Å². The molecule has 0 fully saturated rings. The first kappa shape index (κ1) is 14.9. The SMILES string of the molecule is Cc1cccc(NC(=O)c2sc(-c3ccsc3)nc2C)c1C. The number of hydrogen-bond acceptors (Lipinski definition) is 4. The molecule has 1 amide bonds. The van der Waals surface area contributed by atoms with E-state index in [1.54, 1.807) is 11.3 Å². The van der Waals surface area contributed by atoms with Gasteiger partial charge in [-0.05, 0) is 49.4 Å². The number of thiophene rings is 1. The van der Waals surface area contributed by atoms with Crippen LogP contribution >= 0.6 is 22.7 Å². The van der Waals surface area contributed by atoms with Crippen LogP contribution in [-0.4, -0.2) is 10.9 Å². The minimum absolute atomic E-state index is 0.0924. The number of carbonyl (C=O) groups excluding carboxylic acids is 1. The maximum Gasteiger partial charge on any atom is 0.267 e. The van der Waals surface area contributed by atoms with Gasteiger partial charge in [0.05, 0.1) is 5.69 Å². The third-order valence-electron chi connectivity index (χ3n) is 3.62. The molecular weight excluding hydrogens is 312 g/mol. The van der Waals surface area contributed by atoms with Crippen LogP contribution in [0.3, 0.4) is 0 Å². The average molecular weight is 328 g/mol. The highest BCUT2D eigenvalue weighted by molar-refractivity contribution is 7.17. The summed E-state index contributed by atoms with van der Waals surface area (Å²) in [6.45, 7) is 5.93. The van der Waals surface area contributed by atoms with Crippen LogP contribution in [0.25, 0.3) is 10.6 Å². The third kappa shape index (κ3) is 2.82. The fourth-order valence-corrected chi connectivity index (χ4v) is 3.86. The zero-order chi connectivity index (χ0) is 15.7. The molecule has 0 aliphatic heterocycles. The molecule has 112 valence electrons. The molecule has 0 aliphatic rings. The minimum atomic E-state index is -0.0924. The van der Waals surface area contributed by atoms with Crippen molar-refractivity contribution in [2.24, 2.45) is 0 Å². The molecule has 3 aromatic rings. The first-order valence-corrected chi connectivity index (χ1v) is 8.69. The molecule has 2 heterocycles. The Labute approximate surface area is 137 Å². The van der Waals surface area contributed by atoms with Crippen molar-refractivity contribution in [1.82, 2.24) is 4.98 Å². The Morgan fingerprint density at radius 1 is 1.18 bits per heavy atom. The van der Waals surface area contributed by atoms with Gasteiger partial charge in [0.2, 0.25) is 0 Å². The number of carbonyl (C=O) groups is 1. The van der Waals surface area contributed by atoms with Crippen LogP contribution in [0, 0.1) is 20.8 Å². The van der Waals surface area contributed by atoms with Gasteiger partial charge in [0.1, 0.15) is 9.88 Å². The third-order valence-corrected chi connectivity index (χ3v) is 5.51. The van der Waals surface area contributed by atoms with Crippen molar-refractivity contribution >= 4 is 34.3 Å². The molecule has 0 saturated carbocycles. The van der Waals surface area contributed by atoms with E-state index in [0.29, 0.717) is 4.88 Å². The predicted octanol–water partition coefficient (Wildman–Crippen LogP) is 5.05. The van der Waals surface area contributed by atoms with Crippen LogP contribution in [-0.2, 0) is 0 Å². The van der Waals surface area contributed by atoms with E-state index in [0.717, 1.165) is 33.1 Å². The van der Waals surface area contributed by atoms with Gasteiger partial charge in [-0.3, -0.25) is 4.79 Å². The average Bonchev–Trinajstić information content (AvgIpc) is 3.13. The summed E-state index contributed by atoms with van der Waals surface area (Å²) in [4.78, 5) is 17.7. The number of thiazole rings is 1. The van der Waals surface area contributed by atoms with Crippen LogP contribution in [0.4, 0.5) is 5.69 Å². The molecule has 0 spiro atoms. The maximum absolute atomic E-state index is 12.5. The number of nitrogens with zero attached hydrogens (tertiary/aromatic N) is 1. The van der Waals surface area contributed by atoms with Gasteiger partial charge < -0.3 is 5.32 Å². The lowest BCUT2D eigenvalue weighted by molar-refractivity contribution is 0.102. The molecule has 2 aromatic heterocycles. The van der Waals surface area contributed by atoms with Gasteiger partial charge in [0, 0.05) is 16.6 Å². The Balaban J connectivity index is 1.88. The molecule has 0 radical (unpaired) electrons. The standard InChI is InChI=1S/C17H16N2OS2/c1-10-5-4-6-14(11(10)2)19-16(20)15-12(3)18-17(22-15)13-7-8-21-9-13/h4-9H,1-3H3,(H,19,20). The zero-order valence-corrected chi connectivity index (χ0v) is 14.3. The summed E-state index contributed by atoms with van der Waals surface area (Å²) in [5.74, 6) is -0.0924. The zero-order valence-electron chi connectivity index (χ0n) is 12.6. The Morgan fingerprint density at radius 2 is 2.00 bits per heavy atom. The lowest BCUT2D eigenvalue weighted by Gasteiger charge is -2.09. The van der Waals surface area contributed by atoms with Crippen LogP contribution < -0.4 is 5.32 Å². The van der Waals surface area contributed by atoms with E-state index in [2.05, 4.69) is 10.3 Å². The molecule has 22 heavy (non-hydrogen) atoms. The van der Waals surface area contributed by atoms with Gasteiger partial charge in [0.15, 0.2) is 0 Å². The number of hydrogen-bond donors (Lipinski definition) is 1. The second kappa shape index (κ2) is 6.02. The fourth-order valence-electron chi connectivity index (χ4n) is 2.18. The van der Waals surface area contributed by atoms with E-state index < -0.39 is 0 Å². The van der Waals surface area contributed by atoms with E-state index in [4.69, 9.17) is 0 Å². The molecule has 0 bridgehead atoms. The summed E-state index contributed by atoms with van der Waals surface area (Å²) >= 11 is 3.07. The summed E-state index contributed by atoms with van der Waals surface area (Å²) in [6.07, 6.45) is 0. The molecule has 1 N–H and O–H groups in total. The van der Waals surface area contributed by atoms with Gasteiger partial charge in [-0.2, -0.15) is 11.3 Å². The van der Waals surface area contributed by atoms with E-state index >= 15 is 0 Å². The van der Waals surface area contributed by atoms with E-state index in [-0.39, 0.29) is 5.91 Å². The van der Waals surface area contributed by atoms with Crippen LogP contribution in [0.1, 0.15) is 26.5 Å². The second-order valence-corrected chi connectivity index (χ2v) is 6.93. The summed E-state index contributed by atoms with van der Waals surface area (Å²) < 4.78 is 0.